The van der Waals surface area contributed by atoms with E-state index >= 15 is 0 Å². The van der Waals surface area contributed by atoms with Gasteiger partial charge in [0.25, 0.3) is 5.56 Å². The predicted molar refractivity (Wildman–Crippen MR) is 88.6 cm³/mol. The molecule has 3 N–H and O–H groups in total. The minimum Gasteiger partial charge on any atom is -0.326 e. The molecule has 0 unspecified atom stereocenters. The Kier molecular flexibility index (Phi) is 4.37. The fourth-order valence-electron chi connectivity index (χ4n) is 2.22. The van der Waals surface area contributed by atoms with Crippen molar-refractivity contribution in [1.82, 2.24) is 19.7 Å². The number of hydrogen-bond donors (Lipinski definition) is 3. The number of aromatic nitrogens is 4. The number of benzene rings is 1. The second kappa shape index (κ2) is 6.78. The maximum atomic E-state index is 12.0. The Labute approximate surface area is 136 Å². The molecule has 1 amide bonds. The lowest BCUT2D eigenvalue weighted by molar-refractivity contribution is -0.116. The van der Waals surface area contributed by atoms with Crippen LogP contribution in [-0.4, -0.2) is 25.7 Å². The van der Waals surface area contributed by atoms with Gasteiger partial charge >= 0.3 is 5.69 Å². The molecule has 0 bridgehead atoms. The van der Waals surface area contributed by atoms with Crippen LogP contribution in [0.4, 0.5) is 5.69 Å². The van der Waals surface area contributed by atoms with E-state index in [1.54, 1.807) is 18.3 Å². The molecular weight excluding hydrogens is 310 g/mol. The number of aryl methyl sites for hydroxylation is 1. The highest BCUT2D eigenvalue weighted by molar-refractivity contribution is 5.90. The van der Waals surface area contributed by atoms with E-state index in [0.29, 0.717) is 5.69 Å². The van der Waals surface area contributed by atoms with Gasteiger partial charge in [0, 0.05) is 37.1 Å². The normalized spacial score (nSPS) is 10.5. The van der Waals surface area contributed by atoms with Crippen molar-refractivity contribution in [1.29, 1.82) is 0 Å². The zero-order valence-electron chi connectivity index (χ0n) is 12.7. The molecule has 0 saturated carbocycles. The van der Waals surface area contributed by atoms with Crippen LogP contribution in [0.25, 0.3) is 11.3 Å². The Balaban J connectivity index is 1.58. The summed E-state index contributed by atoms with van der Waals surface area (Å²) in [5.41, 5.74) is 1.53. The van der Waals surface area contributed by atoms with Crippen LogP contribution >= 0.6 is 0 Å². The van der Waals surface area contributed by atoms with Gasteiger partial charge in [-0.15, -0.1) is 0 Å². The smallest absolute Gasteiger partial charge is 0.326 e. The number of H-pyrrole nitrogens is 2. The first-order valence-corrected chi connectivity index (χ1v) is 7.31. The van der Waals surface area contributed by atoms with E-state index in [1.165, 1.54) is 16.8 Å². The van der Waals surface area contributed by atoms with Gasteiger partial charge in [-0.2, -0.15) is 5.10 Å². The number of carbonyl (C=O) groups is 1. The number of aromatic amines is 2. The molecule has 1 aromatic carbocycles. The first kappa shape index (κ1) is 15.5. The number of anilines is 1. The summed E-state index contributed by atoms with van der Waals surface area (Å²) in [6.45, 7) is 0.188. The van der Waals surface area contributed by atoms with Crippen molar-refractivity contribution >= 4 is 11.6 Å². The standard InChI is InChI=1S/C16H15N5O3/c22-14(6-9-21-10-7-15(23)19-16(21)24)18-12-3-1-11(2-4-12)13-5-8-17-20-13/h1-5,7-8,10H,6,9H2,(H,17,20)(H,18,22)(H,19,23,24). The SMILES string of the molecule is O=C(CCn1ccc(=O)[nH]c1=O)Nc1ccc(-c2ccn[nH]2)cc1. The van der Waals surface area contributed by atoms with Crippen molar-refractivity contribution in [2.75, 3.05) is 5.32 Å². The van der Waals surface area contributed by atoms with Crippen molar-refractivity contribution in [3.05, 3.63) is 69.6 Å². The first-order chi connectivity index (χ1) is 11.6. The maximum Gasteiger partial charge on any atom is 0.328 e. The number of carbonyl (C=O) groups excluding carboxylic acids is 1. The van der Waals surface area contributed by atoms with Gasteiger partial charge in [-0.3, -0.25) is 19.7 Å². The van der Waals surface area contributed by atoms with Crippen LogP contribution in [-0.2, 0) is 11.3 Å². The lowest BCUT2D eigenvalue weighted by Gasteiger charge is -2.07. The van der Waals surface area contributed by atoms with Crippen LogP contribution in [0, 0.1) is 0 Å². The Bertz CT molecular complexity index is 939. The summed E-state index contributed by atoms with van der Waals surface area (Å²) in [5.74, 6) is -0.220. The topological polar surface area (TPSA) is 113 Å². The monoisotopic (exact) mass is 325 g/mol. The third-order valence-electron chi connectivity index (χ3n) is 3.46. The van der Waals surface area contributed by atoms with E-state index in [9.17, 15) is 14.4 Å². The van der Waals surface area contributed by atoms with E-state index in [0.717, 1.165) is 11.3 Å². The molecule has 0 radical (unpaired) electrons. The highest BCUT2D eigenvalue weighted by Crippen LogP contribution is 2.18. The molecule has 0 atom stereocenters. The van der Waals surface area contributed by atoms with Gasteiger partial charge in [-0.05, 0) is 23.8 Å². The first-order valence-electron chi connectivity index (χ1n) is 7.31. The zero-order valence-corrected chi connectivity index (χ0v) is 12.7. The summed E-state index contributed by atoms with van der Waals surface area (Å²) in [7, 11) is 0. The predicted octanol–water partition coefficient (Wildman–Crippen LogP) is 0.955. The van der Waals surface area contributed by atoms with Gasteiger partial charge in [-0.1, -0.05) is 12.1 Å². The lowest BCUT2D eigenvalue weighted by atomic mass is 10.1. The minimum absolute atomic E-state index is 0.119. The second-order valence-electron chi connectivity index (χ2n) is 5.15. The molecule has 122 valence electrons. The molecule has 24 heavy (non-hydrogen) atoms. The van der Waals surface area contributed by atoms with Crippen molar-refractivity contribution in [3.8, 4) is 11.3 Å². The van der Waals surface area contributed by atoms with Crippen LogP contribution < -0.4 is 16.6 Å². The van der Waals surface area contributed by atoms with Gasteiger partial charge < -0.3 is 9.88 Å². The molecule has 0 aliphatic rings. The lowest BCUT2D eigenvalue weighted by Crippen LogP contribution is -2.29. The van der Waals surface area contributed by atoms with Gasteiger partial charge in [0.15, 0.2) is 0 Å². The molecule has 2 aromatic heterocycles. The van der Waals surface area contributed by atoms with Crippen LogP contribution in [0.5, 0.6) is 0 Å². The molecule has 3 rings (SSSR count). The van der Waals surface area contributed by atoms with Gasteiger partial charge in [-0.25, -0.2) is 4.79 Å². The molecule has 0 saturated heterocycles. The number of amides is 1. The summed E-state index contributed by atoms with van der Waals surface area (Å²) >= 11 is 0. The average molecular weight is 325 g/mol. The van der Waals surface area contributed by atoms with E-state index in [2.05, 4.69) is 20.5 Å². The Morgan fingerprint density at radius 1 is 1.12 bits per heavy atom. The fraction of sp³-hybridized carbons (Fsp3) is 0.125. The maximum absolute atomic E-state index is 12.0. The van der Waals surface area contributed by atoms with E-state index in [-0.39, 0.29) is 18.9 Å². The molecule has 8 heteroatoms. The third kappa shape index (κ3) is 3.67. The van der Waals surface area contributed by atoms with Gasteiger partial charge in [0.2, 0.25) is 5.91 Å². The fourth-order valence-corrected chi connectivity index (χ4v) is 2.22. The highest BCUT2D eigenvalue weighted by atomic mass is 16.2. The molecule has 8 nitrogen and oxygen atoms in total. The summed E-state index contributed by atoms with van der Waals surface area (Å²) < 4.78 is 1.28. The Morgan fingerprint density at radius 2 is 1.92 bits per heavy atom. The number of nitrogens with zero attached hydrogens (tertiary/aromatic N) is 2. The largest absolute Gasteiger partial charge is 0.328 e. The molecule has 2 heterocycles. The van der Waals surface area contributed by atoms with Crippen molar-refractivity contribution in [2.45, 2.75) is 13.0 Å². The zero-order chi connectivity index (χ0) is 16.9. The van der Waals surface area contributed by atoms with Gasteiger partial charge in [0.1, 0.15) is 0 Å². The second-order valence-corrected chi connectivity index (χ2v) is 5.15. The quantitative estimate of drug-likeness (QED) is 0.648. The van der Waals surface area contributed by atoms with E-state index in [4.69, 9.17) is 0 Å². The number of rotatable bonds is 5. The summed E-state index contributed by atoms with van der Waals surface area (Å²) in [4.78, 5) is 36.6. The molecule has 0 aliphatic heterocycles. The Morgan fingerprint density at radius 3 is 2.58 bits per heavy atom. The summed E-state index contributed by atoms with van der Waals surface area (Å²) in [6, 6.07) is 10.4. The van der Waals surface area contributed by atoms with Gasteiger partial charge in [0.05, 0.1) is 5.69 Å². The molecule has 3 aromatic rings. The molecule has 0 aliphatic carbocycles. The van der Waals surface area contributed by atoms with Crippen LogP contribution in [0.3, 0.4) is 0 Å². The highest BCUT2D eigenvalue weighted by Gasteiger charge is 2.05. The van der Waals surface area contributed by atoms with E-state index < -0.39 is 11.2 Å². The van der Waals surface area contributed by atoms with Crippen LogP contribution in [0.1, 0.15) is 6.42 Å². The average Bonchev–Trinajstić information content (AvgIpc) is 3.09. The van der Waals surface area contributed by atoms with Crippen LogP contribution in [0.15, 0.2) is 58.4 Å². The van der Waals surface area contributed by atoms with Crippen molar-refractivity contribution < 1.29 is 4.79 Å². The molecule has 0 fully saturated rings. The van der Waals surface area contributed by atoms with Crippen LogP contribution in [0.2, 0.25) is 0 Å². The third-order valence-corrected chi connectivity index (χ3v) is 3.46. The molecule has 0 spiro atoms. The number of hydrogen-bond acceptors (Lipinski definition) is 4. The summed E-state index contributed by atoms with van der Waals surface area (Å²) in [5, 5.41) is 9.52. The minimum atomic E-state index is -0.529. The number of nitrogens with one attached hydrogen (secondary N) is 3. The van der Waals surface area contributed by atoms with E-state index in [1.807, 2.05) is 18.2 Å². The van der Waals surface area contributed by atoms with Crippen molar-refractivity contribution in [2.24, 2.45) is 0 Å². The summed E-state index contributed by atoms with van der Waals surface area (Å²) in [6.07, 6.45) is 3.16. The molecular formula is C16H15N5O3. The van der Waals surface area contributed by atoms with Crippen molar-refractivity contribution in [3.63, 3.8) is 0 Å². The Hall–Kier alpha value is -3.42.